The number of amides is 2. The van der Waals surface area contributed by atoms with Gasteiger partial charge in [-0.1, -0.05) is 48.0 Å². The highest BCUT2D eigenvalue weighted by atomic mass is 35.5. The molecule has 2 amide bonds. The Labute approximate surface area is 200 Å². The maximum Gasteiger partial charge on any atom is 0.359 e. The van der Waals surface area contributed by atoms with E-state index in [4.69, 9.17) is 16.3 Å². The molecule has 1 unspecified atom stereocenters. The highest BCUT2D eigenvalue weighted by Crippen LogP contribution is 2.32. The van der Waals surface area contributed by atoms with Crippen molar-refractivity contribution in [2.75, 3.05) is 7.11 Å². The van der Waals surface area contributed by atoms with Gasteiger partial charge in [-0.25, -0.2) is 14.2 Å². The van der Waals surface area contributed by atoms with Gasteiger partial charge >= 0.3 is 5.97 Å². The van der Waals surface area contributed by atoms with Crippen LogP contribution in [-0.2, 0) is 29.2 Å². The van der Waals surface area contributed by atoms with Gasteiger partial charge in [0.2, 0.25) is 5.91 Å². The van der Waals surface area contributed by atoms with Crippen molar-refractivity contribution < 1.29 is 23.5 Å². The number of carbonyl (C=O) groups is 3. The lowest BCUT2D eigenvalue weighted by molar-refractivity contribution is -0.133. The SMILES string of the molecule is COC(=O)c1ncn2c1C(=O)N(Cc1ccc(F)cc1Cl)C(C)(C(=O)NCc1ccccc1)C2. The average Bonchev–Trinajstić information content (AvgIpc) is 3.25. The molecule has 1 atom stereocenters. The van der Waals surface area contributed by atoms with E-state index < -0.39 is 29.1 Å². The number of carbonyl (C=O) groups excluding carboxylic acids is 3. The van der Waals surface area contributed by atoms with Gasteiger partial charge in [0.05, 0.1) is 20.0 Å². The summed E-state index contributed by atoms with van der Waals surface area (Å²) in [5, 5.41) is 3.01. The number of halogens is 2. The number of hydrogen-bond acceptors (Lipinski definition) is 5. The van der Waals surface area contributed by atoms with Gasteiger partial charge in [-0.2, -0.15) is 0 Å². The molecule has 0 fully saturated rings. The summed E-state index contributed by atoms with van der Waals surface area (Å²) < 4.78 is 19.8. The Morgan fingerprint density at radius 3 is 2.65 bits per heavy atom. The maximum absolute atomic E-state index is 13.7. The van der Waals surface area contributed by atoms with Gasteiger partial charge in [-0.15, -0.1) is 0 Å². The van der Waals surface area contributed by atoms with Crippen LogP contribution in [0.2, 0.25) is 5.02 Å². The maximum atomic E-state index is 13.7. The molecule has 0 saturated carbocycles. The Bertz CT molecular complexity index is 1260. The van der Waals surface area contributed by atoms with Crippen molar-refractivity contribution in [1.82, 2.24) is 19.8 Å². The third-order valence-electron chi connectivity index (χ3n) is 5.87. The van der Waals surface area contributed by atoms with E-state index in [1.807, 2.05) is 30.3 Å². The molecule has 2 aromatic carbocycles. The minimum atomic E-state index is -1.36. The number of hydrogen-bond donors (Lipinski definition) is 1. The Kier molecular flexibility index (Phi) is 6.39. The molecule has 0 saturated heterocycles. The van der Waals surface area contributed by atoms with Crippen molar-refractivity contribution in [2.24, 2.45) is 0 Å². The largest absolute Gasteiger partial charge is 0.464 e. The zero-order valence-corrected chi connectivity index (χ0v) is 19.3. The minimum absolute atomic E-state index is 0.0124. The zero-order chi connectivity index (χ0) is 24.5. The Morgan fingerprint density at radius 1 is 1.24 bits per heavy atom. The number of methoxy groups -OCH3 is 1. The number of imidazole rings is 1. The van der Waals surface area contributed by atoms with E-state index in [-0.39, 0.29) is 36.0 Å². The lowest BCUT2D eigenvalue weighted by Crippen LogP contribution is -2.63. The molecule has 4 rings (SSSR count). The molecule has 10 heteroatoms. The zero-order valence-electron chi connectivity index (χ0n) is 18.5. The van der Waals surface area contributed by atoms with Crippen LogP contribution < -0.4 is 5.32 Å². The summed E-state index contributed by atoms with van der Waals surface area (Å²) >= 11 is 6.22. The number of fused-ring (bicyclic) bond motifs is 1. The van der Waals surface area contributed by atoms with Crippen LogP contribution in [0.25, 0.3) is 0 Å². The van der Waals surface area contributed by atoms with E-state index in [1.54, 1.807) is 6.92 Å². The summed E-state index contributed by atoms with van der Waals surface area (Å²) in [6.45, 7) is 1.85. The molecule has 1 N–H and O–H groups in total. The van der Waals surface area contributed by atoms with E-state index in [1.165, 1.54) is 35.0 Å². The number of esters is 1. The van der Waals surface area contributed by atoms with Gasteiger partial charge in [0, 0.05) is 18.1 Å². The third-order valence-corrected chi connectivity index (χ3v) is 6.22. The Morgan fingerprint density at radius 2 is 1.97 bits per heavy atom. The first kappa shape index (κ1) is 23.4. The molecule has 1 aromatic heterocycles. The third kappa shape index (κ3) is 4.26. The summed E-state index contributed by atoms with van der Waals surface area (Å²) in [7, 11) is 1.19. The second-order valence-electron chi connectivity index (χ2n) is 8.13. The first-order valence-electron chi connectivity index (χ1n) is 10.5. The van der Waals surface area contributed by atoms with Crippen LogP contribution in [0.1, 0.15) is 39.0 Å². The summed E-state index contributed by atoms with van der Waals surface area (Å²) in [6.07, 6.45) is 1.34. The van der Waals surface area contributed by atoms with Crippen molar-refractivity contribution in [3.05, 3.63) is 88.2 Å². The summed E-state index contributed by atoms with van der Waals surface area (Å²) in [6, 6.07) is 13.2. The average molecular weight is 485 g/mol. The molecule has 0 bridgehead atoms. The lowest BCUT2D eigenvalue weighted by Gasteiger charge is -2.43. The van der Waals surface area contributed by atoms with E-state index in [0.29, 0.717) is 5.56 Å². The fraction of sp³-hybridized carbons (Fsp3) is 0.250. The fourth-order valence-corrected chi connectivity index (χ4v) is 4.20. The lowest BCUT2D eigenvalue weighted by atomic mass is 9.93. The normalized spacial score (nSPS) is 17.3. The molecule has 1 aliphatic rings. The topological polar surface area (TPSA) is 93.5 Å². The van der Waals surface area contributed by atoms with Crippen LogP contribution in [-0.4, -0.2) is 44.9 Å². The second-order valence-corrected chi connectivity index (χ2v) is 8.54. The molecular formula is C24H22ClFN4O4. The number of rotatable bonds is 6. The van der Waals surface area contributed by atoms with E-state index in [2.05, 4.69) is 10.3 Å². The van der Waals surface area contributed by atoms with Gasteiger partial charge in [-0.3, -0.25) is 9.59 Å². The Balaban J connectivity index is 1.72. The highest BCUT2D eigenvalue weighted by Gasteiger charge is 2.49. The standard InChI is InChI=1S/C24H22ClFN4O4/c1-24(23(33)27-11-15-6-4-3-5-7-15)13-29-14-28-19(22(32)34-2)20(29)21(31)30(24)12-16-8-9-17(26)10-18(16)25/h3-10,14H,11-13H2,1-2H3,(H,27,33). The quantitative estimate of drug-likeness (QED) is 0.542. The van der Waals surface area contributed by atoms with Crippen molar-refractivity contribution >= 4 is 29.4 Å². The number of nitrogens with one attached hydrogen (secondary N) is 1. The minimum Gasteiger partial charge on any atom is -0.464 e. The summed E-state index contributed by atoms with van der Waals surface area (Å²) in [4.78, 5) is 44.7. The number of nitrogens with zero attached hydrogens (tertiary/aromatic N) is 3. The van der Waals surface area contributed by atoms with Crippen LogP contribution in [0.15, 0.2) is 54.9 Å². The van der Waals surface area contributed by atoms with Gasteiger partial charge in [0.1, 0.15) is 17.1 Å². The van der Waals surface area contributed by atoms with Crippen LogP contribution in [0.5, 0.6) is 0 Å². The number of ether oxygens (including phenoxy) is 1. The Hall–Kier alpha value is -3.72. The summed E-state index contributed by atoms with van der Waals surface area (Å²) in [5.74, 6) is -2.28. The smallest absolute Gasteiger partial charge is 0.359 e. The van der Waals surface area contributed by atoms with Crippen LogP contribution >= 0.6 is 11.6 Å². The molecule has 0 aliphatic carbocycles. The van der Waals surface area contributed by atoms with Gasteiger partial charge in [0.15, 0.2) is 5.69 Å². The fourth-order valence-electron chi connectivity index (χ4n) is 3.97. The van der Waals surface area contributed by atoms with E-state index in [9.17, 15) is 18.8 Å². The van der Waals surface area contributed by atoms with Crippen LogP contribution in [0.4, 0.5) is 4.39 Å². The molecule has 2 heterocycles. The van der Waals surface area contributed by atoms with Gasteiger partial charge in [0.25, 0.3) is 5.91 Å². The first-order valence-corrected chi connectivity index (χ1v) is 10.8. The van der Waals surface area contributed by atoms with Gasteiger partial charge < -0.3 is 19.5 Å². The molecular weight excluding hydrogens is 463 g/mol. The van der Waals surface area contributed by atoms with Crippen molar-refractivity contribution in [1.29, 1.82) is 0 Å². The first-order chi connectivity index (χ1) is 16.2. The molecule has 1 aliphatic heterocycles. The van der Waals surface area contributed by atoms with E-state index >= 15 is 0 Å². The van der Waals surface area contributed by atoms with Crippen LogP contribution in [0.3, 0.4) is 0 Å². The van der Waals surface area contributed by atoms with Gasteiger partial charge in [-0.05, 0) is 30.2 Å². The van der Waals surface area contributed by atoms with Crippen molar-refractivity contribution in [2.45, 2.75) is 32.1 Å². The molecule has 34 heavy (non-hydrogen) atoms. The van der Waals surface area contributed by atoms with Crippen molar-refractivity contribution in [3.8, 4) is 0 Å². The molecule has 0 spiro atoms. The predicted octanol–water partition coefficient (Wildman–Crippen LogP) is 3.19. The second kappa shape index (κ2) is 9.26. The van der Waals surface area contributed by atoms with E-state index in [0.717, 1.165) is 11.6 Å². The number of aromatic nitrogens is 2. The molecule has 176 valence electrons. The predicted molar refractivity (Wildman–Crippen MR) is 122 cm³/mol. The summed E-state index contributed by atoms with van der Waals surface area (Å²) in [5.41, 5.74) is -0.144. The molecule has 3 aromatic rings. The molecule has 8 nitrogen and oxygen atoms in total. The van der Waals surface area contributed by atoms with Crippen LogP contribution in [0, 0.1) is 5.82 Å². The highest BCUT2D eigenvalue weighted by molar-refractivity contribution is 6.31. The number of benzene rings is 2. The van der Waals surface area contributed by atoms with Crippen molar-refractivity contribution in [3.63, 3.8) is 0 Å². The monoisotopic (exact) mass is 484 g/mol. The molecule has 0 radical (unpaired) electrons.